The van der Waals surface area contributed by atoms with Gasteiger partial charge in [0.05, 0.1) is 28.9 Å². The summed E-state index contributed by atoms with van der Waals surface area (Å²) in [7, 11) is -2.77. The molecular weight excluding hydrogens is 373 g/mol. The molecule has 0 radical (unpaired) electrons. The highest BCUT2D eigenvalue weighted by molar-refractivity contribution is 7.05. The van der Waals surface area contributed by atoms with Crippen LogP contribution in [0.4, 0.5) is 0 Å². The second-order valence-electron chi connectivity index (χ2n) is 8.10. The number of hydrogen-bond donors (Lipinski definition) is 0. The lowest BCUT2D eigenvalue weighted by Crippen LogP contribution is -2.39. The maximum atomic E-state index is 6.24. The van der Waals surface area contributed by atoms with Crippen molar-refractivity contribution in [3.8, 4) is 0 Å². The summed E-state index contributed by atoms with van der Waals surface area (Å²) in [5.74, 6) is 0. The Morgan fingerprint density at radius 3 is 2.08 bits per heavy atom. The van der Waals surface area contributed by atoms with Crippen LogP contribution in [0.25, 0.3) is 6.08 Å². The monoisotopic (exact) mass is 397 g/mol. The third-order valence-corrected chi connectivity index (χ3v) is 12.6. The standard InChI is InChI=1S/C17H25Cl2N3Si2/c1-23(2,3)17(24(4,5)6)10-13-11-22(21-20-13)12-14-15(18)8-7-9-16(14)19/h7-11H,12H2,1-6H3. The van der Waals surface area contributed by atoms with Gasteiger partial charge in [0.1, 0.15) is 5.69 Å². The largest absolute Gasteiger partial charge is 0.247 e. The van der Waals surface area contributed by atoms with Gasteiger partial charge in [-0.05, 0) is 18.2 Å². The molecule has 0 fully saturated rings. The van der Waals surface area contributed by atoms with Crippen molar-refractivity contribution in [3.63, 3.8) is 0 Å². The van der Waals surface area contributed by atoms with E-state index in [4.69, 9.17) is 23.2 Å². The first kappa shape index (κ1) is 19.4. The number of aromatic nitrogens is 3. The van der Waals surface area contributed by atoms with E-state index in [1.807, 2.05) is 24.4 Å². The summed E-state index contributed by atoms with van der Waals surface area (Å²) < 4.78 is 1.80. The van der Waals surface area contributed by atoms with Gasteiger partial charge in [-0.2, -0.15) is 0 Å². The van der Waals surface area contributed by atoms with Crippen molar-refractivity contribution in [1.29, 1.82) is 0 Å². The van der Waals surface area contributed by atoms with E-state index in [0.717, 1.165) is 11.3 Å². The Morgan fingerprint density at radius 1 is 1.04 bits per heavy atom. The van der Waals surface area contributed by atoms with E-state index in [2.05, 4.69) is 55.7 Å². The van der Waals surface area contributed by atoms with E-state index in [-0.39, 0.29) is 0 Å². The fourth-order valence-electron chi connectivity index (χ4n) is 3.01. The van der Waals surface area contributed by atoms with Crippen molar-refractivity contribution >= 4 is 45.4 Å². The predicted octanol–water partition coefficient (Wildman–Crippen LogP) is 5.77. The minimum absolute atomic E-state index is 0.522. The zero-order chi connectivity index (χ0) is 18.1. The van der Waals surface area contributed by atoms with Crippen molar-refractivity contribution in [2.45, 2.75) is 45.8 Å². The average molecular weight is 398 g/mol. The molecule has 2 aromatic rings. The zero-order valence-corrected chi connectivity index (χ0v) is 18.7. The molecule has 0 atom stereocenters. The van der Waals surface area contributed by atoms with Gasteiger partial charge >= 0.3 is 0 Å². The van der Waals surface area contributed by atoms with Crippen LogP contribution in [-0.4, -0.2) is 31.1 Å². The van der Waals surface area contributed by atoms with Crippen LogP contribution < -0.4 is 0 Å². The molecule has 0 aliphatic carbocycles. The molecule has 0 N–H and O–H groups in total. The highest BCUT2D eigenvalue weighted by Crippen LogP contribution is 2.28. The summed E-state index contributed by atoms with van der Waals surface area (Å²) in [6, 6.07) is 5.53. The Bertz CT molecular complexity index is 720. The molecule has 24 heavy (non-hydrogen) atoms. The van der Waals surface area contributed by atoms with Gasteiger partial charge < -0.3 is 0 Å². The van der Waals surface area contributed by atoms with Gasteiger partial charge in [0.2, 0.25) is 0 Å². The lowest BCUT2D eigenvalue weighted by Gasteiger charge is -2.31. The smallest absolute Gasteiger partial charge is 0.105 e. The molecule has 0 unspecified atom stereocenters. The van der Waals surface area contributed by atoms with E-state index in [1.54, 1.807) is 9.50 Å². The first-order chi connectivity index (χ1) is 11.0. The van der Waals surface area contributed by atoms with Gasteiger partial charge in [-0.15, -0.1) is 5.10 Å². The molecule has 0 saturated carbocycles. The topological polar surface area (TPSA) is 30.7 Å². The number of nitrogens with zero attached hydrogens (tertiary/aromatic N) is 3. The second kappa shape index (κ2) is 7.16. The first-order valence-corrected chi connectivity index (χ1v) is 15.8. The summed E-state index contributed by atoms with van der Waals surface area (Å²) in [6.45, 7) is 14.9. The Balaban J connectivity index is 2.32. The van der Waals surface area contributed by atoms with Crippen LogP contribution in [0.2, 0.25) is 49.3 Å². The van der Waals surface area contributed by atoms with Crippen LogP contribution in [0.5, 0.6) is 0 Å². The summed E-state index contributed by atoms with van der Waals surface area (Å²) in [6.07, 6.45) is 4.23. The number of hydrogen-bond acceptors (Lipinski definition) is 2. The molecule has 3 nitrogen and oxygen atoms in total. The van der Waals surface area contributed by atoms with Crippen molar-refractivity contribution in [3.05, 3.63) is 50.5 Å². The molecule has 1 aromatic carbocycles. The molecule has 0 aliphatic rings. The SMILES string of the molecule is C[Si](C)(C)C(=Cc1cn(Cc2c(Cl)cccc2Cl)nn1)[Si](C)(C)C. The van der Waals surface area contributed by atoms with Gasteiger partial charge in [-0.3, -0.25) is 0 Å². The van der Waals surface area contributed by atoms with Crippen molar-refractivity contribution in [2.75, 3.05) is 0 Å². The van der Waals surface area contributed by atoms with E-state index < -0.39 is 16.1 Å². The van der Waals surface area contributed by atoms with E-state index >= 15 is 0 Å². The van der Waals surface area contributed by atoms with Gasteiger partial charge in [-0.1, -0.05) is 78.6 Å². The third-order valence-electron chi connectivity index (χ3n) is 3.85. The molecular formula is C17H25Cl2N3Si2. The maximum absolute atomic E-state index is 6.24. The summed E-state index contributed by atoms with van der Waals surface area (Å²) in [5, 5.41) is 9.89. The van der Waals surface area contributed by atoms with Gasteiger partial charge in [-0.25, -0.2) is 4.68 Å². The maximum Gasteiger partial charge on any atom is 0.105 e. The summed E-state index contributed by atoms with van der Waals surface area (Å²) in [4.78, 5) is 1.61. The molecule has 0 saturated heterocycles. The van der Waals surface area contributed by atoms with Gasteiger partial charge in [0.25, 0.3) is 0 Å². The van der Waals surface area contributed by atoms with Crippen LogP contribution >= 0.6 is 23.2 Å². The van der Waals surface area contributed by atoms with Crippen LogP contribution in [0.15, 0.2) is 29.2 Å². The second-order valence-corrected chi connectivity index (χ2v) is 19.5. The molecule has 1 heterocycles. The molecule has 0 aliphatic heterocycles. The van der Waals surface area contributed by atoms with Crippen LogP contribution in [0.1, 0.15) is 11.3 Å². The predicted molar refractivity (Wildman–Crippen MR) is 110 cm³/mol. The highest BCUT2D eigenvalue weighted by Gasteiger charge is 2.31. The first-order valence-electron chi connectivity index (χ1n) is 8.04. The summed E-state index contributed by atoms with van der Waals surface area (Å²) >= 11 is 12.5. The fraction of sp³-hybridized carbons (Fsp3) is 0.412. The molecule has 130 valence electrons. The van der Waals surface area contributed by atoms with Crippen molar-refractivity contribution < 1.29 is 0 Å². The van der Waals surface area contributed by atoms with Gasteiger partial charge in [0.15, 0.2) is 0 Å². The molecule has 2 rings (SSSR count). The Kier molecular flexibility index (Phi) is 5.80. The normalized spacial score (nSPS) is 12.3. The quantitative estimate of drug-likeness (QED) is 0.599. The van der Waals surface area contributed by atoms with Crippen molar-refractivity contribution in [1.82, 2.24) is 15.0 Å². The number of benzene rings is 1. The Morgan fingerprint density at radius 2 is 1.58 bits per heavy atom. The minimum Gasteiger partial charge on any atom is -0.247 e. The number of halogens is 2. The molecule has 0 spiro atoms. The lowest BCUT2D eigenvalue weighted by molar-refractivity contribution is 0.650. The number of rotatable bonds is 5. The molecule has 1 aromatic heterocycles. The molecule has 0 bridgehead atoms. The lowest BCUT2D eigenvalue weighted by atomic mass is 10.2. The highest BCUT2D eigenvalue weighted by atomic mass is 35.5. The summed E-state index contributed by atoms with van der Waals surface area (Å²) in [5.41, 5.74) is 1.79. The Labute approximate surface area is 156 Å². The van der Waals surface area contributed by atoms with E-state index in [9.17, 15) is 0 Å². The van der Waals surface area contributed by atoms with Gasteiger partial charge in [0, 0.05) is 15.6 Å². The molecule has 7 heteroatoms. The van der Waals surface area contributed by atoms with Crippen molar-refractivity contribution in [2.24, 2.45) is 0 Å². The van der Waals surface area contributed by atoms with Crippen LogP contribution in [0, 0.1) is 0 Å². The fourth-order valence-corrected chi connectivity index (χ4v) is 13.7. The minimum atomic E-state index is -1.38. The van der Waals surface area contributed by atoms with Crippen LogP contribution in [0.3, 0.4) is 0 Å². The third kappa shape index (κ3) is 4.82. The zero-order valence-electron chi connectivity index (χ0n) is 15.2. The van der Waals surface area contributed by atoms with E-state index in [1.165, 1.54) is 0 Å². The van der Waals surface area contributed by atoms with Crippen LogP contribution in [-0.2, 0) is 6.54 Å². The average Bonchev–Trinajstić information content (AvgIpc) is 2.85. The molecule has 0 amide bonds. The van der Waals surface area contributed by atoms with E-state index in [0.29, 0.717) is 16.6 Å². The Hall–Kier alpha value is -0.886.